The van der Waals surface area contributed by atoms with E-state index in [1.54, 1.807) is 68.0 Å². The molecule has 2 aliphatic heterocycles. The molecule has 130 heavy (non-hydrogen) atoms. The first kappa shape index (κ1) is 106. The molecule has 718 valence electrons. The van der Waals surface area contributed by atoms with Gasteiger partial charge in [0.15, 0.2) is 23.0 Å². The van der Waals surface area contributed by atoms with Crippen molar-refractivity contribution in [2.75, 3.05) is 39.6 Å². The maximum atomic E-state index is 14.3. The Hall–Kier alpha value is -6.14. The Kier molecular flexibility index (Phi) is 52.8. The van der Waals surface area contributed by atoms with Crippen molar-refractivity contribution in [1.29, 1.82) is 0 Å². The summed E-state index contributed by atoms with van der Waals surface area (Å²) in [5.74, 6) is 4.16. The lowest BCUT2D eigenvalue weighted by Gasteiger charge is -2.19. The van der Waals surface area contributed by atoms with Gasteiger partial charge >= 0.3 is 0 Å². The summed E-state index contributed by atoms with van der Waals surface area (Å²) < 4.78 is 41.1. The van der Waals surface area contributed by atoms with Crippen molar-refractivity contribution in [1.82, 2.24) is 10.6 Å². The first-order chi connectivity index (χ1) is 64.2. The van der Waals surface area contributed by atoms with E-state index in [4.69, 9.17) is 28.4 Å². The van der Waals surface area contributed by atoms with Crippen LogP contribution in [-0.2, 0) is 9.59 Å². The SMILES string of the molecule is CCCCCCCCCCCCOc1cc(-c2ccc(-c3ccc(-c4ccc(C5=C6C(=O)NC(c7ccc(-c8ccc(-c9ccc(-c%10cc(OCCCCCCCCCCCC)c(OCCCCCCCCCCCC)c(OCCCCCCCCCCCC)c%10)s9)s8)s7)=C6C(=O)N5)s4)s3)s2)cc(OCCCCCCCCCCCC)c1OCCCCCCCCCCCC. The number of carbonyl (C=O) groups excluding carboxylic acids is 2. The Morgan fingerprint density at radius 1 is 0.192 bits per heavy atom. The van der Waals surface area contributed by atoms with E-state index in [2.05, 4.69) is 149 Å². The normalized spacial score (nSPS) is 12.7. The van der Waals surface area contributed by atoms with E-state index in [0.29, 0.717) is 62.2 Å². The predicted molar refractivity (Wildman–Crippen MR) is 567 cm³/mol. The van der Waals surface area contributed by atoms with Gasteiger partial charge in [0.05, 0.1) is 71.9 Å². The number of carbonyl (C=O) groups is 2. The van der Waals surface area contributed by atoms with Gasteiger partial charge in [-0.15, -0.1) is 68.0 Å². The Labute approximate surface area is 812 Å². The zero-order chi connectivity index (χ0) is 90.9. The summed E-state index contributed by atoms with van der Waals surface area (Å²) in [5.41, 5.74) is 4.12. The number of hydrogen-bond acceptors (Lipinski definition) is 14. The van der Waals surface area contributed by atoms with E-state index in [0.717, 1.165) is 123 Å². The summed E-state index contributed by atoms with van der Waals surface area (Å²) in [6.07, 6.45) is 76.7. The second-order valence-electron chi connectivity index (χ2n) is 37.2. The monoisotopic (exact) mass is 1890 g/mol. The summed E-state index contributed by atoms with van der Waals surface area (Å²) in [5, 5.41) is 6.33. The van der Waals surface area contributed by atoms with Crippen molar-refractivity contribution in [3.05, 3.63) is 118 Å². The fourth-order valence-electron chi connectivity index (χ4n) is 18.0. The topological polar surface area (TPSA) is 114 Å². The van der Waals surface area contributed by atoms with Gasteiger partial charge in [0.1, 0.15) is 0 Å². The van der Waals surface area contributed by atoms with Crippen LogP contribution in [0.2, 0.25) is 0 Å². The van der Waals surface area contributed by atoms with Gasteiger partial charge in [-0.1, -0.05) is 388 Å². The molecule has 0 atom stereocenters. The number of unbranched alkanes of at least 4 members (excludes halogenated alkanes) is 54. The van der Waals surface area contributed by atoms with Crippen LogP contribution in [0.1, 0.15) is 437 Å². The fraction of sp³-hybridized carbons (Fsp3) is 0.632. The summed E-state index contributed by atoms with van der Waals surface area (Å²) in [4.78, 5) is 41.8. The van der Waals surface area contributed by atoms with Crippen LogP contribution in [0.15, 0.2) is 108 Å². The van der Waals surface area contributed by atoms with Crippen LogP contribution in [0, 0.1) is 0 Å². The molecule has 0 radical (unpaired) electrons. The van der Waals surface area contributed by atoms with Crippen LogP contribution in [0.4, 0.5) is 0 Å². The van der Waals surface area contributed by atoms with E-state index >= 15 is 0 Å². The third-order valence-corrected chi connectivity index (χ3v) is 33.3. The molecule has 2 amide bonds. The van der Waals surface area contributed by atoms with Crippen molar-refractivity contribution in [2.45, 2.75) is 427 Å². The number of rotatable bonds is 80. The van der Waals surface area contributed by atoms with Crippen molar-refractivity contribution < 1.29 is 38.0 Å². The Morgan fingerprint density at radius 2 is 0.346 bits per heavy atom. The molecule has 2 N–H and O–H groups in total. The Bertz CT molecular complexity index is 4090. The highest BCUT2D eigenvalue weighted by Gasteiger charge is 2.42. The summed E-state index contributed by atoms with van der Waals surface area (Å²) in [6, 6.07) is 35.1. The number of amides is 2. The van der Waals surface area contributed by atoms with Gasteiger partial charge in [-0.2, -0.15) is 0 Å². The lowest BCUT2D eigenvalue weighted by atomic mass is 10.1. The number of ether oxygens (including phenoxy) is 6. The number of hydrogen-bond donors (Lipinski definition) is 2. The largest absolute Gasteiger partial charge is 0.490 e. The number of fused-ring (bicyclic) bond motifs is 1. The van der Waals surface area contributed by atoms with Crippen molar-refractivity contribution in [3.63, 3.8) is 0 Å². The highest BCUT2D eigenvalue weighted by Crippen LogP contribution is 2.51. The van der Waals surface area contributed by atoms with Gasteiger partial charge in [-0.05, 0) is 147 Å². The predicted octanol–water partition coefficient (Wildman–Crippen LogP) is 38.2. The van der Waals surface area contributed by atoms with Gasteiger partial charge in [0.2, 0.25) is 11.5 Å². The molecular formula is C114H168N2O8S6. The van der Waals surface area contributed by atoms with Gasteiger partial charge in [0, 0.05) is 48.8 Å². The highest BCUT2D eigenvalue weighted by molar-refractivity contribution is 7.28. The van der Waals surface area contributed by atoms with Crippen LogP contribution in [-0.4, -0.2) is 51.5 Å². The van der Waals surface area contributed by atoms with Gasteiger partial charge in [0.25, 0.3) is 11.8 Å². The molecule has 16 heteroatoms. The van der Waals surface area contributed by atoms with Crippen molar-refractivity contribution in [2.24, 2.45) is 0 Å². The summed E-state index contributed by atoms with van der Waals surface area (Å²) in [7, 11) is 0. The van der Waals surface area contributed by atoms with Crippen LogP contribution in [0.25, 0.3) is 71.3 Å². The minimum atomic E-state index is -0.263. The van der Waals surface area contributed by atoms with Gasteiger partial charge < -0.3 is 39.1 Å². The molecular weight excluding hydrogens is 1720 g/mol. The molecule has 10 nitrogen and oxygen atoms in total. The lowest BCUT2D eigenvalue weighted by molar-refractivity contribution is -0.117. The molecule has 2 aromatic carbocycles. The number of benzene rings is 2. The quantitative estimate of drug-likeness (QED) is 0.0363. The molecule has 8 heterocycles. The standard InChI is InChI=1S/C114H168N2O8S6/c1-7-13-19-25-31-37-43-49-55-61-79-119-91-85-89(86-92(120-80-62-56-50-44-38-32-26-20-14-8-2)111(91)123-83-65-59-53-47-41-35-29-23-17-11-5)95-67-69-97(125-95)99-71-73-101(127-99)103-75-77-105(129-103)109-107-108(114(118)115-109)110(116-113(107)117)106-78-76-104(130-106)102-74-72-100(128-102)98-70-68-96(126-98)90-87-93(121-81-63-57-51-45-39-33-27-21-15-9-3)112(124-84-66-60-54-48-42-36-30-24-18-12-6)94(88-90)122-82-64-58-52-46-40-34-28-22-16-10-4/h67-78,85-88H,7-66,79-84H2,1-6H3,(H,115,118)(H,116,117). The summed E-state index contributed by atoms with van der Waals surface area (Å²) >= 11 is 10.3. The molecule has 0 spiro atoms. The van der Waals surface area contributed by atoms with Crippen molar-refractivity contribution in [3.8, 4) is 94.4 Å². The summed E-state index contributed by atoms with van der Waals surface area (Å²) in [6.45, 7) is 17.7. The van der Waals surface area contributed by atoms with E-state index in [-0.39, 0.29) is 11.8 Å². The molecule has 0 fully saturated rings. The third kappa shape index (κ3) is 37.5. The minimum Gasteiger partial charge on any atom is -0.490 e. The Balaban J connectivity index is 0.813. The maximum Gasteiger partial charge on any atom is 0.258 e. The fourth-order valence-corrected chi connectivity index (χ4v) is 24.4. The lowest BCUT2D eigenvalue weighted by Crippen LogP contribution is -2.20. The van der Waals surface area contributed by atoms with Crippen LogP contribution in [0.5, 0.6) is 34.5 Å². The molecule has 0 saturated heterocycles. The molecule has 0 bridgehead atoms. The molecule has 0 unspecified atom stereocenters. The van der Waals surface area contributed by atoms with E-state index in [9.17, 15) is 9.59 Å². The molecule has 8 aromatic rings. The second-order valence-corrected chi connectivity index (χ2v) is 43.7. The third-order valence-electron chi connectivity index (χ3n) is 25.9. The molecule has 0 aliphatic carbocycles. The highest BCUT2D eigenvalue weighted by atomic mass is 32.1. The van der Waals surface area contributed by atoms with E-state index in [1.165, 1.54) is 366 Å². The Morgan fingerprint density at radius 3 is 0.546 bits per heavy atom. The van der Waals surface area contributed by atoms with Crippen LogP contribution < -0.4 is 39.1 Å². The maximum absolute atomic E-state index is 14.3. The molecule has 10 rings (SSSR count). The van der Waals surface area contributed by atoms with E-state index < -0.39 is 0 Å². The van der Waals surface area contributed by atoms with Gasteiger partial charge in [-0.25, -0.2) is 0 Å². The minimum absolute atomic E-state index is 0.263. The second kappa shape index (κ2) is 64.7. The van der Waals surface area contributed by atoms with E-state index in [1.807, 2.05) is 0 Å². The average molecular weight is 1890 g/mol. The first-order valence-corrected chi connectivity index (χ1v) is 58.0. The zero-order valence-corrected chi connectivity index (χ0v) is 86.5. The average Bonchev–Trinajstić information content (AvgIpc) is 1.58. The molecule has 0 saturated carbocycles. The molecule has 2 aliphatic rings. The molecule has 6 aromatic heterocycles. The van der Waals surface area contributed by atoms with Gasteiger partial charge in [-0.3, -0.25) is 9.59 Å². The zero-order valence-electron chi connectivity index (χ0n) is 81.6. The van der Waals surface area contributed by atoms with Crippen LogP contribution in [0.3, 0.4) is 0 Å². The number of nitrogens with one attached hydrogen (secondary N) is 2. The first-order valence-electron chi connectivity index (χ1n) is 53.1. The van der Waals surface area contributed by atoms with Crippen molar-refractivity contribution >= 4 is 91.2 Å². The van der Waals surface area contributed by atoms with Crippen LogP contribution >= 0.6 is 68.0 Å². The number of thiophene rings is 6. The smallest absolute Gasteiger partial charge is 0.258 e.